The third kappa shape index (κ3) is 2.83. The summed E-state index contributed by atoms with van der Waals surface area (Å²) >= 11 is 0. The van der Waals surface area contributed by atoms with Gasteiger partial charge in [-0.1, -0.05) is 54.1 Å². The van der Waals surface area contributed by atoms with Gasteiger partial charge in [-0.3, -0.25) is 0 Å². The minimum absolute atomic E-state index is 0.210. The number of fused-ring (bicyclic) bond motifs is 3. The van der Waals surface area contributed by atoms with Crippen LogP contribution in [-0.4, -0.2) is 14.8 Å². The van der Waals surface area contributed by atoms with Crippen molar-refractivity contribution in [2.24, 2.45) is 0 Å². The number of aromatic nitrogens is 3. The van der Waals surface area contributed by atoms with E-state index in [1.54, 1.807) is 18.5 Å². The molecule has 0 bridgehead atoms. The van der Waals surface area contributed by atoms with Crippen molar-refractivity contribution in [3.8, 4) is 5.75 Å². The lowest BCUT2D eigenvalue weighted by Crippen LogP contribution is -2.32. The van der Waals surface area contributed by atoms with Gasteiger partial charge in [-0.15, -0.1) is 0 Å². The highest BCUT2D eigenvalue weighted by Gasteiger charge is 2.40. The van der Waals surface area contributed by atoms with Crippen molar-refractivity contribution in [3.63, 3.8) is 0 Å². The highest BCUT2D eigenvalue weighted by molar-refractivity contribution is 5.85. The maximum atomic E-state index is 13.7. The SMILES string of the molecule is Cc1ccc([C@@H]2C3=C(Nc4ncnn42)c2ccccc2O[C@@H]3c2ccc(F)cc2)cc1. The second-order valence-corrected chi connectivity index (χ2v) is 7.84. The van der Waals surface area contributed by atoms with E-state index in [1.165, 1.54) is 17.7 Å². The number of nitrogens with zero attached hydrogens (tertiary/aromatic N) is 3. The molecule has 5 nitrogen and oxygen atoms in total. The minimum Gasteiger partial charge on any atom is -0.480 e. The standard InChI is InChI=1S/C25H19FN4O/c1-15-6-8-16(9-7-15)23-21-22(29-25-27-14-28-30(23)25)19-4-2-3-5-20(19)31-24(21)17-10-12-18(26)13-11-17/h2-14,23-24H,1H3,(H,27,28,29)/t23-,24-/m1/s1. The summed E-state index contributed by atoms with van der Waals surface area (Å²) < 4.78 is 22.1. The average Bonchev–Trinajstić information content (AvgIpc) is 3.27. The lowest BCUT2D eigenvalue weighted by atomic mass is 9.84. The van der Waals surface area contributed by atoms with Gasteiger partial charge in [0.25, 0.3) is 0 Å². The van der Waals surface area contributed by atoms with Gasteiger partial charge in [-0.2, -0.15) is 10.1 Å². The Bertz CT molecular complexity index is 1310. The van der Waals surface area contributed by atoms with E-state index in [-0.39, 0.29) is 11.9 Å². The van der Waals surface area contributed by atoms with Gasteiger partial charge in [0, 0.05) is 11.1 Å². The van der Waals surface area contributed by atoms with E-state index in [4.69, 9.17) is 4.74 Å². The first-order valence-corrected chi connectivity index (χ1v) is 10.2. The predicted octanol–water partition coefficient (Wildman–Crippen LogP) is 5.29. The topological polar surface area (TPSA) is 52.0 Å². The summed E-state index contributed by atoms with van der Waals surface area (Å²) in [5.74, 6) is 1.18. The normalized spacial score (nSPS) is 19.0. The van der Waals surface area contributed by atoms with Crippen LogP contribution in [0, 0.1) is 12.7 Å². The van der Waals surface area contributed by atoms with Crippen LogP contribution in [0.25, 0.3) is 5.70 Å². The number of halogens is 1. The first kappa shape index (κ1) is 17.9. The zero-order valence-electron chi connectivity index (χ0n) is 16.8. The molecule has 6 rings (SSSR count). The van der Waals surface area contributed by atoms with Crippen LogP contribution in [0.15, 0.2) is 84.7 Å². The van der Waals surface area contributed by atoms with E-state index in [2.05, 4.69) is 46.6 Å². The number of rotatable bonds is 2. The van der Waals surface area contributed by atoms with Gasteiger partial charge in [-0.05, 0) is 42.3 Å². The third-order valence-electron chi connectivity index (χ3n) is 5.89. The van der Waals surface area contributed by atoms with E-state index in [0.29, 0.717) is 5.95 Å². The molecule has 2 aliphatic heterocycles. The summed E-state index contributed by atoms with van der Waals surface area (Å²) in [6, 6.07) is 22.6. The lowest BCUT2D eigenvalue weighted by Gasteiger charge is -2.39. The molecule has 4 aromatic rings. The number of para-hydroxylation sites is 1. The van der Waals surface area contributed by atoms with Crippen LogP contribution in [-0.2, 0) is 0 Å². The molecule has 0 amide bonds. The summed E-state index contributed by atoms with van der Waals surface area (Å²) in [6.45, 7) is 2.07. The zero-order valence-corrected chi connectivity index (χ0v) is 16.8. The molecule has 2 atom stereocenters. The number of ether oxygens (including phenoxy) is 1. The molecule has 0 spiro atoms. The maximum Gasteiger partial charge on any atom is 0.226 e. The molecular formula is C25H19FN4O. The minimum atomic E-state index is -0.401. The molecule has 3 aromatic carbocycles. The zero-order chi connectivity index (χ0) is 20.9. The van der Waals surface area contributed by atoms with E-state index >= 15 is 0 Å². The smallest absolute Gasteiger partial charge is 0.226 e. The van der Waals surface area contributed by atoms with Crippen molar-refractivity contribution in [2.75, 3.05) is 5.32 Å². The van der Waals surface area contributed by atoms with Crippen LogP contribution in [0.3, 0.4) is 0 Å². The molecule has 0 aliphatic carbocycles. The number of nitrogens with one attached hydrogen (secondary N) is 1. The van der Waals surface area contributed by atoms with Gasteiger partial charge in [-0.25, -0.2) is 9.07 Å². The summed E-state index contributed by atoms with van der Waals surface area (Å²) in [5, 5.41) is 7.99. The van der Waals surface area contributed by atoms with Gasteiger partial charge < -0.3 is 10.1 Å². The summed E-state index contributed by atoms with van der Waals surface area (Å²) in [6.07, 6.45) is 1.16. The third-order valence-corrected chi connectivity index (χ3v) is 5.89. The number of benzene rings is 3. The monoisotopic (exact) mass is 410 g/mol. The van der Waals surface area contributed by atoms with Gasteiger partial charge in [0.05, 0.1) is 5.70 Å². The van der Waals surface area contributed by atoms with Crippen molar-refractivity contribution in [3.05, 3.63) is 113 Å². The summed E-state index contributed by atoms with van der Waals surface area (Å²) in [5.41, 5.74) is 6.11. The second-order valence-electron chi connectivity index (χ2n) is 7.84. The Hall–Kier alpha value is -3.93. The molecule has 0 fully saturated rings. The molecule has 1 N–H and O–H groups in total. The van der Waals surface area contributed by atoms with Crippen LogP contribution in [0.5, 0.6) is 5.75 Å². The lowest BCUT2D eigenvalue weighted by molar-refractivity contribution is 0.223. The van der Waals surface area contributed by atoms with Gasteiger partial charge in [0.15, 0.2) is 0 Å². The largest absolute Gasteiger partial charge is 0.480 e. The first-order valence-electron chi connectivity index (χ1n) is 10.2. The van der Waals surface area contributed by atoms with E-state index < -0.39 is 6.10 Å². The Kier molecular flexibility index (Phi) is 3.93. The molecular weight excluding hydrogens is 391 g/mol. The fourth-order valence-electron chi connectivity index (χ4n) is 4.40. The quantitative estimate of drug-likeness (QED) is 0.488. The molecule has 3 heterocycles. The first-order chi connectivity index (χ1) is 15.2. The molecule has 0 saturated heterocycles. The molecule has 0 saturated carbocycles. The van der Waals surface area contributed by atoms with Gasteiger partial charge in [0.2, 0.25) is 5.95 Å². The van der Waals surface area contributed by atoms with Crippen molar-refractivity contribution < 1.29 is 9.13 Å². The summed E-state index contributed by atoms with van der Waals surface area (Å²) in [4.78, 5) is 4.44. The van der Waals surface area contributed by atoms with Crippen molar-refractivity contribution >= 4 is 11.6 Å². The van der Waals surface area contributed by atoms with Crippen LogP contribution in [0.1, 0.15) is 34.4 Å². The number of hydrogen-bond donors (Lipinski definition) is 1. The molecule has 0 radical (unpaired) electrons. The average molecular weight is 410 g/mol. The van der Waals surface area contributed by atoms with Gasteiger partial charge >= 0.3 is 0 Å². The van der Waals surface area contributed by atoms with Gasteiger partial charge in [0.1, 0.15) is 30.0 Å². The highest BCUT2D eigenvalue weighted by atomic mass is 19.1. The van der Waals surface area contributed by atoms with Crippen molar-refractivity contribution in [1.29, 1.82) is 0 Å². The Morgan fingerprint density at radius 2 is 1.68 bits per heavy atom. The van der Waals surface area contributed by atoms with Crippen LogP contribution < -0.4 is 10.1 Å². The molecule has 1 aromatic heterocycles. The number of aryl methyl sites for hydroxylation is 1. The van der Waals surface area contributed by atoms with E-state index in [1.807, 2.05) is 28.9 Å². The molecule has 6 heteroatoms. The molecule has 152 valence electrons. The van der Waals surface area contributed by atoms with Crippen LogP contribution in [0.2, 0.25) is 0 Å². The molecule has 2 aliphatic rings. The Balaban J connectivity index is 1.62. The van der Waals surface area contributed by atoms with Crippen LogP contribution in [0.4, 0.5) is 10.3 Å². The number of hydrogen-bond acceptors (Lipinski definition) is 4. The number of anilines is 1. The van der Waals surface area contributed by atoms with Crippen LogP contribution >= 0.6 is 0 Å². The molecule has 0 unspecified atom stereocenters. The Morgan fingerprint density at radius 1 is 0.935 bits per heavy atom. The van der Waals surface area contributed by atoms with E-state index in [0.717, 1.165) is 33.7 Å². The predicted molar refractivity (Wildman–Crippen MR) is 116 cm³/mol. The Labute approximate surface area is 178 Å². The summed E-state index contributed by atoms with van der Waals surface area (Å²) in [7, 11) is 0. The fraction of sp³-hybridized carbons (Fsp3) is 0.120. The highest BCUT2D eigenvalue weighted by Crippen LogP contribution is 2.50. The van der Waals surface area contributed by atoms with Crippen molar-refractivity contribution in [2.45, 2.75) is 19.1 Å². The Morgan fingerprint density at radius 3 is 2.48 bits per heavy atom. The fourth-order valence-corrected chi connectivity index (χ4v) is 4.40. The molecule has 31 heavy (non-hydrogen) atoms. The second kappa shape index (κ2) is 6.80. The maximum absolute atomic E-state index is 13.7. The van der Waals surface area contributed by atoms with Crippen molar-refractivity contribution in [1.82, 2.24) is 14.8 Å². The van der Waals surface area contributed by atoms with E-state index in [9.17, 15) is 4.39 Å².